The number of hydrogen-bond acceptors (Lipinski definition) is 2. The molecular weight excluding hydrogens is 222 g/mol. The molecule has 0 aliphatic carbocycles. The number of imidazole rings is 1. The first-order chi connectivity index (χ1) is 8.77. The average molecular weight is 243 g/mol. The summed E-state index contributed by atoms with van der Waals surface area (Å²) >= 11 is 0. The van der Waals surface area contributed by atoms with Gasteiger partial charge in [-0.1, -0.05) is 44.2 Å². The Hall–Kier alpha value is -1.61. The van der Waals surface area contributed by atoms with Gasteiger partial charge in [-0.15, -0.1) is 0 Å². The molecule has 0 fully saturated rings. The molecule has 18 heavy (non-hydrogen) atoms. The molecule has 0 spiro atoms. The Bertz CT molecular complexity index is 475. The van der Waals surface area contributed by atoms with E-state index in [1.807, 2.05) is 30.6 Å². The Labute approximate surface area is 109 Å². The molecule has 1 aromatic carbocycles. The molecule has 2 aromatic rings. The second kappa shape index (κ2) is 5.83. The van der Waals surface area contributed by atoms with Crippen molar-refractivity contribution in [2.45, 2.75) is 38.8 Å². The lowest BCUT2D eigenvalue weighted by Gasteiger charge is -2.26. The zero-order chi connectivity index (χ0) is 13.0. The first-order valence-corrected chi connectivity index (χ1v) is 6.60. The molecule has 3 nitrogen and oxygen atoms in total. The van der Waals surface area contributed by atoms with Crippen LogP contribution in [0.4, 0.5) is 0 Å². The highest BCUT2D eigenvalue weighted by molar-refractivity contribution is 5.20. The van der Waals surface area contributed by atoms with Crippen LogP contribution in [0.15, 0.2) is 42.7 Å². The molecule has 0 bridgehead atoms. The van der Waals surface area contributed by atoms with E-state index >= 15 is 0 Å². The van der Waals surface area contributed by atoms with Crippen molar-refractivity contribution >= 4 is 0 Å². The highest BCUT2D eigenvalue weighted by Crippen LogP contribution is 2.27. The molecule has 0 radical (unpaired) electrons. The molecule has 2 unspecified atom stereocenters. The number of nitrogens with two attached hydrogens (primary N) is 1. The predicted octanol–water partition coefficient (Wildman–Crippen LogP) is 3.10. The van der Waals surface area contributed by atoms with Gasteiger partial charge in [0.25, 0.3) is 0 Å². The Morgan fingerprint density at radius 2 is 1.94 bits per heavy atom. The van der Waals surface area contributed by atoms with Gasteiger partial charge in [0, 0.05) is 18.8 Å². The van der Waals surface area contributed by atoms with Crippen molar-refractivity contribution in [1.82, 2.24) is 9.55 Å². The van der Waals surface area contributed by atoms with Crippen LogP contribution in [0.2, 0.25) is 0 Å². The lowest BCUT2D eigenvalue weighted by molar-refractivity contribution is 0.395. The molecule has 1 aromatic heterocycles. The topological polar surface area (TPSA) is 43.8 Å². The van der Waals surface area contributed by atoms with E-state index in [9.17, 15) is 0 Å². The average Bonchev–Trinajstić information content (AvgIpc) is 2.89. The van der Waals surface area contributed by atoms with Gasteiger partial charge in [0.15, 0.2) is 0 Å². The second-order valence-electron chi connectivity index (χ2n) is 4.52. The van der Waals surface area contributed by atoms with Crippen molar-refractivity contribution in [2.24, 2.45) is 5.73 Å². The summed E-state index contributed by atoms with van der Waals surface area (Å²) in [5.74, 6) is 1.10. The summed E-state index contributed by atoms with van der Waals surface area (Å²) < 4.78 is 2.22. The number of nitrogens with zero attached hydrogens (tertiary/aromatic N) is 2. The molecule has 2 rings (SSSR count). The van der Waals surface area contributed by atoms with Crippen LogP contribution in [0, 0.1) is 0 Å². The summed E-state index contributed by atoms with van der Waals surface area (Å²) in [6.07, 6.45) is 5.83. The lowest BCUT2D eigenvalue weighted by atomic mass is 9.98. The van der Waals surface area contributed by atoms with Gasteiger partial charge in [0.1, 0.15) is 5.82 Å². The van der Waals surface area contributed by atoms with Gasteiger partial charge in [-0.25, -0.2) is 4.98 Å². The largest absolute Gasteiger partial charge is 0.330 e. The molecule has 96 valence electrons. The third-order valence-corrected chi connectivity index (χ3v) is 3.44. The van der Waals surface area contributed by atoms with Crippen LogP contribution in [0.1, 0.15) is 43.7 Å². The number of rotatable bonds is 5. The molecule has 0 aliphatic heterocycles. The summed E-state index contributed by atoms with van der Waals surface area (Å²) in [4.78, 5) is 4.39. The quantitative estimate of drug-likeness (QED) is 0.877. The van der Waals surface area contributed by atoms with Gasteiger partial charge in [-0.2, -0.15) is 0 Å². The molecule has 0 saturated carbocycles. The minimum atomic E-state index is 0.00991. The predicted molar refractivity (Wildman–Crippen MR) is 74.3 cm³/mol. The Kier molecular flexibility index (Phi) is 4.15. The van der Waals surface area contributed by atoms with Crippen molar-refractivity contribution in [3.8, 4) is 0 Å². The first-order valence-electron chi connectivity index (χ1n) is 6.60. The third-order valence-electron chi connectivity index (χ3n) is 3.44. The SMILES string of the molecule is CCc1nccn1C(CC)C(N)c1ccccc1. The highest BCUT2D eigenvalue weighted by atomic mass is 15.1. The first kappa shape index (κ1) is 12.8. The van der Waals surface area contributed by atoms with E-state index in [4.69, 9.17) is 5.73 Å². The van der Waals surface area contributed by atoms with Crippen molar-refractivity contribution < 1.29 is 0 Å². The summed E-state index contributed by atoms with van der Waals surface area (Å²) in [5, 5.41) is 0. The minimum Gasteiger partial charge on any atom is -0.330 e. The number of benzene rings is 1. The third kappa shape index (κ3) is 2.46. The molecule has 0 amide bonds. The van der Waals surface area contributed by atoms with Crippen molar-refractivity contribution in [1.29, 1.82) is 0 Å². The van der Waals surface area contributed by atoms with Crippen LogP contribution >= 0.6 is 0 Å². The second-order valence-corrected chi connectivity index (χ2v) is 4.52. The van der Waals surface area contributed by atoms with Crippen molar-refractivity contribution in [3.63, 3.8) is 0 Å². The van der Waals surface area contributed by atoms with Crippen LogP contribution < -0.4 is 5.73 Å². The van der Waals surface area contributed by atoms with Gasteiger partial charge >= 0.3 is 0 Å². The van der Waals surface area contributed by atoms with E-state index in [0.717, 1.165) is 18.7 Å². The van der Waals surface area contributed by atoms with Gasteiger partial charge in [0.2, 0.25) is 0 Å². The standard InChI is InChI=1S/C15H21N3/c1-3-13(18-11-10-17-14(18)4-2)15(16)12-8-6-5-7-9-12/h5-11,13,15H,3-4,16H2,1-2H3. The normalized spacial score (nSPS) is 14.4. The molecule has 3 heteroatoms. The molecule has 0 aliphatic rings. The summed E-state index contributed by atoms with van der Waals surface area (Å²) in [6, 6.07) is 10.6. The van der Waals surface area contributed by atoms with E-state index in [2.05, 4.69) is 35.5 Å². The van der Waals surface area contributed by atoms with Crippen LogP contribution in [0.5, 0.6) is 0 Å². The minimum absolute atomic E-state index is 0.00991. The molecule has 2 atom stereocenters. The molecule has 0 saturated heterocycles. The van der Waals surface area contributed by atoms with E-state index < -0.39 is 0 Å². The molecular formula is C15H21N3. The fourth-order valence-corrected chi connectivity index (χ4v) is 2.44. The van der Waals surface area contributed by atoms with Crippen LogP contribution in [0.25, 0.3) is 0 Å². The zero-order valence-corrected chi connectivity index (χ0v) is 11.1. The van der Waals surface area contributed by atoms with Gasteiger partial charge in [0.05, 0.1) is 12.1 Å². The van der Waals surface area contributed by atoms with Crippen LogP contribution in [-0.4, -0.2) is 9.55 Å². The van der Waals surface area contributed by atoms with E-state index in [0.29, 0.717) is 0 Å². The van der Waals surface area contributed by atoms with Crippen molar-refractivity contribution in [3.05, 3.63) is 54.1 Å². The Morgan fingerprint density at radius 1 is 1.22 bits per heavy atom. The smallest absolute Gasteiger partial charge is 0.108 e. The van der Waals surface area contributed by atoms with Gasteiger partial charge in [-0.3, -0.25) is 0 Å². The van der Waals surface area contributed by atoms with Gasteiger partial charge in [-0.05, 0) is 12.0 Å². The maximum absolute atomic E-state index is 6.42. The van der Waals surface area contributed by atoms with Crippen LogP contribution in [-0.2, 0) is 6.42 Å². The maximum Gasteiger partial charge on any atom is 0.108 e. The Balaban J connectivity index is 2.29. The maximum atomic E-state index is 6.42. The number of aromatic nitrogens is 2. The van der Waals surface area contributed by atoms with E-state index in [1.165, 1.54) is 5.56 Å². The number of hydrogen-bond donors (Lipinski definition) is 1. The summed E-state index contributed by atoms with van der Waals surface area (Å²) in [6.45, 7) is 4.30. The number of aryl methyl sites for hydroxylation is 1. The molecule has 1 heterocycles. The Morgan fingerprint density at radius 3 is 2.56 bits per heavy atom. The fraction of sp³-hybridized carbons (Fsp3) is 0.400. The van der Waals surface area contributed by atoms with Gasteiger partial charge < -0.3 is 10.3 Å². The summed E-state index contributed by atoms with van der Waals surface area (Å²) in [5.41, 5.74) is 7.60. The van der Waals surface area contributed by atoms with Crippen molar-refractivity contribution in [2.75, 3.05) is 0 Å². The van der Waals surface area contributed by atoms with E-state index in [1.54, 1.807) is 0 Å². The van der Waals surface area contributed by atoms with E-state index in [-0.39, 0.29) is 12.1 Å². The fourth-order valence-electron chi connectivity index (χ4n) is 2.44. The zero-order valence-electron chi connectivity index (χ0n) is 11.1. The summed E-state index contributed by atoms with van der Waals surface area (Å²) in [7, 11) is 0. The van der Waals surface area contributed by atoms with Crippen LogP contribution in [0.3, 0.4) is 0 Å². The molecule has 2 N–H and O–H groups in total. The lowest BCUT2D eigenvalue weighted by Crippen LogP contribution is -2.25. The monoisotopic (exact) mass is 243 g/mol. The highest BCUT2D eigenvalue weighted by Gasteiger charge is 2.20.